The maximum absolute atomic E-state index is 5.56. The van der Waals surface area contributed by atoms with Crippen molar-refractivity contribution in [2.75, 3.05) is 5.73 Å². The topological polar surface area (TPSA) is 52.0 Å². The molecule has 3 heteroatoms. The Kier molecular flexibility index (Phi) is 2.46. The molecule has 1 heterocycles. The highest BCUT2D eigenvalue weighted by Gasteiger charge is 2.13. The molecule has 1 aromatic carbocycles. The molecule has 0 aliphatic heterocycles. The highest BCUT2D eigenvalue weighted by molar-refractivity contribution is 5.67. The molecule has 0 saturated carbocycles. The van der Waals surface area contributed by atoms with Crippen LogP contribution in [0.5, 0.6) is 0 Å². The quantitative estimate of drug-likeness (QED) is 0.796. The Balaban J connectivity index is 2.65. The summed E-state index contributed by atoms with van der Waals surface area (Å²) in [5, 5.41) is 0. The van der Waals surface area contributed by atoms with Gasteiger partial charge in [0.2, 0.25) is 0 Å². The molecular weight excluding hydrogens is 200 g/mol. The minimum absolute atomic E-state index is 0.227. The number of hydrogen-bond acceptors (Lipinski definition) is 3. The molecule has 0 radical (unpaired) electrons. The fraction of sp³-hybridized carbons (Fsp3) is 0.308. The second-order valence-corrected chi connectivity index (χ2v) is 4.15. The molecule has 16 heavy (non-hydrogen) atoms. The Hall–Kier alpha value is -1.77. The van der Waals surface area contributed by atoms with Gasteiger partial charge in [0.15, 0.2) is 5.76 Å². The summed E-state index contributed by atoms with van der Waals surface area (Å²) < 4.78 is 5.44. The lowest BCUT2D eigenvalue weighted by atomic mass is 9.97. The van der Waals surface area contributed by atoms with Crippen molar-refractivity contribution in [3.8, 4) is 11.3 Å². The van der Waals surface area contributed by atoms with Crippen LogP contribution in [0, 0.1) is 27.7 Å². The number of aromatic nitrogens is 1. The maximum atomic E-state index is 5.56. The van der Waals surface area contributed by atoms with Gasteiger partial charge in [-0.1, -0.05) is 12.1 Å². The van der Waals surface area contributed by atoms with Crippen LogP contribution in [-0.4, -0.2) is 4.98 Å². The van der Waals surface area contributed by atoms with Gasteiger partial charge in [0.25, 0.3) is 6.01 Å². The third kappa shape index (κ3) is 1.58. The van der Waals surface area contributed by atoms with Crippen molar-refractivity contribution >= 4 is 6.01 Å². The Morgan fingerprint density at radius 2 is 1.75 bits per heavy atom. The van der Waals surface area contributed by atoms with Gasteiger partial charge in [-0.2, -0.15) is 4.98 Å². The van der Waals surface area contributed by atoms with Gasteiger partial charge in [0, 0.05) is 5.56 Å². The summed E-state index contributed by atoms with van der Waals surface area (Å²) in [6, 6.07) is 4.38. The molecule has 0 atom stereocenters. The third-order valence-electron chi connectivity index (χ3n) is 3.12. The SMILES string of the molecule is Cc1ccc(-c2oc(N)nc2C)c(C)c1C. The van der Waals surface area contributed by atoms with Crippen molar-refractivity contribution in [3.05, 3.63) is 34.5 Å². The maximum Gasteiger partial charge on any atom is 0.292 e. The molecule has 0 fully saturated rings. The average Bonchev–Trinajstić information content (AvgIpc) is 2.55. The van der Waals surface area contributed by atoms with Gasteiger partial charge < -0.3 is 10.2 Å². The van der Waals surface area contributed by atoms with Gasteiger partial charge >= 0.3 is 0 Å². The van der Waals surface area contributed by atoms with Crippen molar-refractivity contribution in [1.82, 2.24) is 4.98 Å². The van der Waals surface area contributed by atoms with Gasteiger partial charge in [-0.3, -0.25) is 0 Å². The van der Waals surface area contributed by atoms with E-state index in [4.69, 9.17) is 10.2 Å². The predicted molar refractivity (Wildman–Crippen MR) is 65.3 cm³/mol. The zero-order valence-electron chi connectivity index (χ0n) is 10.1. The van der Waals surface area contributed by atoms with E-state index in [1.807, 2.05) is 6.92 Å². The number of nitrogens with zero attached hydrogens (tertiary/aromatic N) is 1. The molecule has 84 valence electrons. The molecule has 0 unspecified atom stereocenters. The Morgan fingerprint density at radius 1 is 1.06 bits per heavy atom. The number of hydrogen-bond donors (Lipinski definition) is 1. The molecule has 2 aromatic rings. The monoisotopic (exact) mass is 216 g/mol. The summed E-state index contributed by atoms with van der Waals surface area (Å²) in [5.74, 6) is 0.776. The van der Waals surface area contributed by atoms with Gasteiger partial charge in [-0.25, -0.2) is 0 Å². The van der Waals surface area contributed by atoms with Gasteiger partial charge in [-0.15, -0.1) is 0 Å². The van der Waals surface area contributed by atoms with Crippen LogP contribution in [0.1, 0.15) is 22.4 Å². The standard InChI is InChI=1S/C13H16N2O/c1-7-5-6-11(9(3)8(7)2)12-10(4)15-13(14)16-12/h5-6H,1-4H3,(H2,14,15). The van der Waals surface area contributed by atoms with Crippen molar-refractivity contribution in [1.29, 1.82) is 0 Å². The lowest BCUT2D eigenvalue weighted by Crippen LogP contribution is -1.91. The van der Waals surface area contributed by atoms with Crippen LogP contribution >= 0.6 is 0 Å². The number of oxazole rings is 1. The number of anilines is 1. The summed E-state index contributed by atoms with van der Waals surface area (Å²) in [6.07, 6.45) is 0. The highest BCUT2D eigenvalue weighted by Crippen LogP contribution is 2.30. The first-order chi connectivity index (χ1) is 7.50. The fourth-order valence-corrected chi connectivity index (χ4v) is 1.87. The second-order valence-electron chi connectivity index (χ2n) is 4.15. The van der Waals surface area contributed by atoms with Crippen molar-refractivity contribution < 1.29 is 4.42 Å². The average molecular weight is 216 g/mol. The molecule has 0 bridgehead atoms. The molecular formula is C13H16N2O. The minimum atomic E-state index is 0.227. The predicted octanol–water partition coefficient (Wildman–Crippen LogP) is 3.16. The molecule has 0 amide bonds. The summed E-state index contributed by atoms with van der Waals surface area (Å²) >= 11 is 0. The number of nitrogens with two attached hydrogens (primary N) is 1. The molecule has 0 spiro atoms. The van der Waals surface area contributed by atoms with E-state index < -0.39 is 0 Å². The van der Waals surface area contributed by atoms with E-state index in [1.54, 1.807) is 0 Å². The first-order valence-corrected chi connectivity index (χ1v) is 5.30. The van der Waals surface area contributed by atoms with Crippen molar-refractivity contribution in [2.24, 2.45) is 0 Å². The smallest absolute Gasteiger partial charge is 0.292 e. The third-order valence-corrected chi connectivity index (χ3v) is 3.12. The molecule has 0 aliphatic rings. The summed E-state index contributed by atoms with van der Waals surface area (Å²) in [4.78, 5) is 4.09. The molecule has 0 saturated heterocycles. The van der Waals surface area contributed by atoms with E-state index in [9.17, 15) is 0 Å². The van der Waals surface area contributed by atoms with E-state index in [-0.39, 0.29) is 6.01 Å². The normalized spacial score (nSPS) is 10.8. The van der Waals surface area contributed by atoms with Crippen molar-refractivity contribution in [3.63, 3.8) is 0 Å². The van der Waals surface area contributed by atoms with Crippen LogP contribution in [0.3, 0.4) is 0 Å². The Labute approximate surface area is 95.3 Å². The zero-order chi connectivity index (χ0) is 11.9. The number of nitrogen functional groups attached to an aromatic ring is 1. The molecule has 2 N–H and O–H groups in total. The summed E-state index contributed by atoms with van der Waals surface area (Å²) in [5.41, 5.74) is 11.3. The second kappa shape index (κ2) is 3.67. The number of rotatable bonds is 1. The largest absolute Gasteiger partial charge is 0.423 e. The minimum Gasteiger partial charge on any atom is -0.423 e. The van der Waals surface area contributed by atoms with Crippen LogP contribution in [-0.2, 0) is 0 Å². The van der Waals surface area contributed by atoms with Crippen molar-refractivity contribution in [2.45, 2.75) is 27.7 Å². The van der Waals surface area contributed by atoms with Gasteiger partial charge in [0.05, 0.1) is 5.69 Å². The van der Waals surface area contributed by atoms with E-state index in [0.29, 0.717) is 0 Å². The highest BCUT2D eigenvalue weighted by atomic mass is 16.4. The van der Waals surface area contributed by atoms with Crippen LogP contribution in [0.2, 0.25) is 0 Å². The Morgan fingerprint density at radius 3 is 2.31 bits per heavy atom. The molecule has 3 nitrogen and oxygen atoms in total. The summed E-state index contributed by atoms with van der Waals surface area (Å²) in [6.45, 7) is 8.22. The summed E-state index contributed by atoms with van der Waals surface area (Å²) in [7, 11) is 0. The van der Waals surface area contributed by atoms with E-state index in [2.05, 4.69) is 37.9 Å². The van der Waals surface area contributed by atoms with E-state index >= 15 is 0 Å². The zero-order valence-corrected chi connectivity index (χ0v) is 10.1. The fourth-order valence-electron chi connectivity index (χ4n) is 1.87. The number of aryl methyl sites for hydroxylation is 2. The molecule has 0 aliphatic carbocycles. The lowest BCUT2D eigenvalue weighted by molar-refractivity contribution is 0.593. The first kappa shape index (κ1) is 10.7. The number of benzene rings is 1. The van der Waals surface area contributed by atoms with E-state index in [1.165, 1.54) is 16.7 Å². The van der Waals surface area contributed by atoms with Crippen LogP contribution in [0.25, 0.3) is 11.3 Å². The van der Waals surface area contributed by atoms with Crippen LogP contribution in [0.4, 0.5) is 6.01 Å². The Bertz CT molecular complexity index is 541. The molecule has 2 rings (SSSR count). The van der Waals surface area contributed by atoms with Crippen LogP contribution in [0.15, 0.2) is 16.5 Å². The van der Waals surface area contributed by atoms with Crippen LogP contribution < -0.4 is 5.73 Å². The van der Waals surface area contributed by atoms with Gasteiger partial charge in [-0.05, 0) is 44.4 Å². The molecule has 1 aromatic heterocycles. The lowest BCUT2D eigenvalue weighted by Gasteiger charge is -2.09. The van der Waals surface area contributed by atoms with Gasteiger partial charge in [0.1, 0.15) is 0 Å². The first-order valence-electron chi connectivity index (χ1n) is 5.30. The van der Waals surface area contributed by atoms with E-state index in [0.717, 1.165) is 17.0 Å².